The predicted molar refractivity (Wildman–Crippen MR) is 69.4 cm³/mol. The summed E-state index contributed by atoms with van der Waals surface area (Å²) in [6.45, 7) is 5.08. The first kappa shape index (κ1) is 13.8. The number of amides is 1. The van der Waals surface area contributed by atoms with Crippen LogP contribution in [-0.4, -0.2) is 49.8 Å². The minimum atomic E-state index is 0.0443. The van der Waals surface area contributed by atoms with E-state index in [-0.39, 0.29) is 11.5 Å². The quantitative estimate of drug-likeness (QED) is 0.772. The van der Waals surface area contributed by atoms with Crippen LogP contribution in [-0.2, 0) is 14.3 Å². The molecule has 2 fully saturated rings. The Balaban J connectivity index is 1.86. The number of piperidine rings is 1. The summed E-state index contributed by atoms with van der Waals surface area (Å²) in [6, 6.07) is 0. The second-order valence-corrected chi connectivity index (χ2v) is 5.68. The number of carbonyl (C=O) groups is 1. The fourth-order valence-electron chi connectivity index (χ4n) is 3.24. The van der Waals surface area contributed by atoms with Crippen molar-refractivity contribution in [3.05, 3.63) is 0 Å². The summed E-state index contributed by atoms with van der Waals surface area (Å²) in [5.41, 5.74) is 0.0443. The monoisotopic (exact) mass is 255 g/mol. The molecular weight excluding hydrogens is 230 g/mol. The molecule has 1 atom stereocenters. The van der Waals surface area contributed by atoms with Gasteiger partial charge in [0.2, 0.25) is 5.91 Å². The Bertz CT molecular complexity index is 285. The van der Waals surface area contributed by atoms with Crippen LogP contribution < -0.4 is 0 Å². The molecule has 2 aliphatic rings. The lowest BCUT2D eigenvalue weighted by Crippen LogP contribution is -2.50. The van der Waals surface area contributed by atoms with Crippen LogP contribution in [0.4, 0.5) is 0 Å². The zero-order chi connectivity index (χ0) is 13.0. The average molecular weight is 255 g/mol. The lowest BCUT2D eigenvalue weighted by Gasteiger charge is -2.46. The van der Waals surface area contributed by atoms with Crippen molar-refractivity contribution in [3.63, 3.8) is 0 Å². The van der Waals surface area contributed by atoms with E-state index < -0.39 is 0 Å². The van der Waals surface area contributed by atoms with Crippen LogP contribution in [0, 0.1) is 5.92 Å². The Morgan fingerprint density at radius 1 is 1.44 bits per heavy atom. The van der Waals surface area contributed by atoms with E-state index in [1.165, 1.54) is 0 Å². The van der Waals surface area contributed by atoms with E-state index >= 15 is 0 Å². The molecule has 4 nitrogen and oxygen atoms in total. The molecule has 2 heterocycles. The van der Waals surface area contributed by atoms with Crippen molar-refractivity contribution >= 4 is 5.91 Å². The van der Waals surface area contributed by atoms with Gasteiger partial charge in [-0.15, -0.1) is 0 Å². The van der Waals surface area contributed by atoms with Gasteiger partial charge in [0, 0.05) is 40.3 Å². The number of rotatable bonds is 3. The third-order valence-corrected chi connectivity index (χ3v) is 4.45. The highest BCUT2D eigenvalue weighted by molar-refractivity contribution is 5.73. The zero-order valence-electron chi connectivity index (χ0n) is 11.6. The highest BCUT2D eigenvalue weighted by Crippen LogP contribution is 2.38. The fraction of sp³-hybridized carbons (Fsp3) is 0.929. The summed E-state index contributed by atoms with van der Waals surface area (Å²) in [4.78, 5) is 13.3. The predicted octanol–water partition coefficient (Wildman–Crippen LogP) is 1.83. The molecule has 104 valence electrons. The van der Waals surface area contributed by atoms with Gasteiger partial charge in [0.15, 0.2) is 0 Å². The normalized spacial score (nSPS) is 27.4. The summed E-state index contributed by atoms with van der Waals surface area (Å²) in [7, 11) is 1.76. The van der Waals surface area contributed by atoms with Crippen LogP contribution in [0.1, 0.15) is 39.0 Å². The molecule has 1 spiro atoms. The Morgan fingerprint density at radius 2 is 2.17 bits per heavy atom. The number of hydrogen-bond acceptors (Lipinski definition) is 3. The molecule has 0 bridgehead atoms. The summed E-state index contributed by atoms with van der Waals surface area (Å²) >= 11 is 0. The summed E-state index contributed by atoms with van der Waals surface area (Å²) in [5.74, 6) is 0.916. The van der Waals surface area contributed by atoms with E-state index in [4.69, 9.17) is 9.47 Å². The van der Waals surface area contributed by atoms with Crippen molar-refractivity contribution in [2.24, 2.45) is 5.92 Å². The maximum Gasteiger partial charge on any atom is 0.219 e. The molecule has 1 unspecified atom stereocenters. The summed E-state index contributed by atoms with van der Waals surface area (Å²) in [5, 5.41) is 0. The first-order chi connectivity index (χ1) is 8.65. The van der Waals surface area contributed by atoms with E-state index in [9.17, 15) is 4.79 Å². The third-order valence-electron chi connectivity index (χ3n) is 4.45. The van der Waals surface area contributed by atoms with Gasteiger partial charge in [-0.25, -0.2) is 0 Å². The number of likely N-dealkylation sites (tertiary alicyclic amines) is 1. The Hall–Kier alpha value is -0.610. The van der Waals surface area contributed by atoms with E-state index in [0.29, 0.717) is 0 Å². The first-order valence-electron chi connectivity index (χ1n) is 7.04. The molecule has 2 saturated heterocycles. The second kappa shape index (κ2) is 6.02. The van der Waals surface area contributed by atoms with Crippen molar-refractivity contribution in [1.82, 2.24) is 4.90 Å². The lowest BCUT2D eigenvalue weighted by atomic mass is 9.78. The highest BCUT2D eigenvalue weighted by Gasteiger charge is 2.40. The molecule has 4 heteroatoms. The second-order valence-electron chi connectivity index (χ2n) is 5.68. The van der Waals surface area contributed by atoms with Crippen LogP contribution >= 0.6 is 0 Å². The Kier molecular flexibility index (Phi) is 4.62. The topological polar surface area (TPSA) is 38.8 Å². The number of carbonyl (C=O) groups excluding carboxylic acids is 1. The molecule has 2 aliphatic heterocycles. The number of ether oxygens (including phenoxy) is 2. The fourth-order valence-corrected chi connectivity index (χ4v) is 3.24. The molecule has 0 aromatic carbocycles. The Morgan fingerprint density at radius 3 is 2.78 bits per heavy atom. The molecule has 18 heavy (non-hydrogen) atoms. The molecule has 1 amide bonds. The lowest BCUT2D eigenvalue weighted by molar-refractivity contribution is -0.146. The third kappa shape index (κ3) is 3.23. The Labute approximate surface area is 110 Å². The smallest absolute Gasteiger partial charge is 0.219 e. The van der Waals surface area contributed by atoms with Gasteiger partial charge in [-0.05, 0) is 38.0 Å². The van der Waals surface area contributed by atoms with Crippen LogP contribution in [0.25, 0.3) is 0 Å². The van der Waals surface area contributed by atoms with Gasteiger partial charge in [-0.1, -0.05) is 0 Å². The average Bonchev–Trinajstić information content (AvgIpc) is 2.37. The van der Waals surface area contributed by atoms with E-state index in [2.05, 4.69) is 0 Å². The number of nitrogens with zero attached hydrogens (tertiary/aromatic N) is 1. The molecule has 0 aromatic rings. The van der Waals surface area contributed by atoms with E-state index in [1.54, 1.807) is 14.0 Å². The van der Waals surface area contributed by atoms with Gasteiger partial charge >= 0.3 is 0 Å². The highest BCUT2D eigenvalue weighted by atomic mass is 16.5. The molecule has 0 aromatic heterocycles. The van der Waals surface area contributed by atoms with Crippen LogP contribution in [0.2, 0.25) is 0 Å². The van der Waals surface area contributed by atoms with Gasteiger partial charge < -0.3 is 14.4 Å². The van der Waals surface area contributed by atoms with Crippen LogP contribution in [0.3, 0.4) is 0 Å². The van der Waals surface area contributed by atoms with Crippen LogP contribution in [0.5, 0.6) is 0 Å². The summed E-state index contributed by atoms with van der Waals surface area (Å²) < 4.78 is 11.2. The van der Waals surface area contributed by atoms with Crippen molar-refractivity contribution in [2.75, 3.05) is 33.4 Å². The molecule has 0 N–H and O–H groups in total. The maximum atomic E-state index is 11.3. The van der Waals surface area contributed by atoms with Crippen molar-refractivity contribution in [2.45, 2.75) is 44.6 Å². The van der Waals surface area contributed by atoms with Gasteiger partial charge in [-0.2, -0.15) is 0 Å². The SMILES string of the molecule is COCCC1CCOC2(CCN(C(C)=O)CC2)C1. The molecule has 0 saturated carbocycles. The van der Waals surface area contributed by atoms with Gasteiger partial charge in [-0.3, -0.25) is 4.79 Å². The van der Waals surface area contributed by atoms with Crippen molar-refractivity contribution in [3.8, 4) is 0 Å². The number of hydrogen-bond donors (Lipinski definition) is 0. The largest absolute Gasteiger partial charge is 0.385 e. The first-order valence-corrected chi connectivity index (χ1v) is 7.04. The molecule has 2 rings (SSSR count). The van der Waals surface area contributed by atoms with Gasteiger partial charge in [0.05, 0.1) is 5.60 Å². The van der Waals surface area contributed by atoms with Crippen molar-refractivity contribution < 1.29 is 14.3 Å². The van der Waals surface area contributed by atoms with E-state index in [1.807, 2.05) is 4.90 Å². The molecule has 0 aliphatic carbocycles. The minimum absolute atomic E-state index is 0.0443. The molecular formula is C14H25NO3. The van der Waals surface area contributed by atoms with Crippen molar-refractivity contribution in [1.29, 1.82) is 0 Å². The molecule has 0 radical (unpaired) electrons. The van der Waals surface area contributed by atoms with Gasteiger partial charge in [0.25, 0.3) is 0 Å². The number of methoxy groups -OCH3 is 1. The standard InChI is InChI=1S/C14H25NO3/c1-12(16)15-7-5-14(6-8-15)11-13(3-9-17-2)4-10-18-14/h13H,3-11H2,1-2H3. The van der Waals surface area contributed by atoms with E-state index in [0.717, 1.165) is 64.3 Å². The summed E-state index contributed by atoms with van der Waals surface area (Å²) in [6.07, 6.45) is 5.42. The van der Waals surface area contributed by atoms with Crippen LogP contribution in [0.15, 0.2) is 0 Å². The maximum absolute atomic E-state index is 11.3. The minimum Gasteiger partial charge on any atom is -0.385 e. The van der Waals surface area contributed by atoms with Gasteiger partial charge in [0.1, 0.15) is 0 Å². The zero-order valence-corrected chi connectivity index (χ0v) is 11.6.